The van der Waals surface area contributed by atoms with Gasteiger partial charge in [-0.3, -0.25) is 4.79 Å². The van der Waals surface area contributed by atoms with Crippen molar-refractivity contribution in [2.75, 3.05) is 13.2 Å². The standard InChI is InChI=1S/C13H14O3/c1-2-15-13(14)12-9-7-16-10-6-4-3-5-8(10)11(9)12/h3-6,9,11-12H,2,7H2,1H3/t9-,11+,12?/m1/s1. The number of carbonyl (C=O) groups excluding carboxylic acids is 1. The van der Waals surface area contributed by atoms with Crippen LogP contribution in [0.3, 0.4) is 0 Å². The van der Waals surface area contributed by atoms with Crippen molar-refractivity contribution in [2.45, 2.75) is 12.8 Å². The second kappa shape index (κ2) is 3.51. The Kier molecular flexibility index (Phi) is 2.13. The minimum Gasteiger partial charge on any atom is -0.493 e. The Morgan fingerprint density at radius 3 is 3.12 bits per heavy atom. The predicted molar refractivity (Wildman–Crippen MR) is 58.3 cm³/mol. The molecule has 1 aromatic rings. The Morgan fingerprint density at radius 1 is 1.50 bits per heavy atom. The number of benzene rings is 1. The number of carbonyl (C=O) groups is 1. The molecule has 0 radical (unpaired) electrons. The molecule has 1 fully saturated rings. The van der Waals surface area contributed by atoms with Crippen LogP contribution in [0.15, 0.2) is 24.3 Å². The Morgan fingerprint density at radius 2 is 2.31 bits per heavy atom. The van der Waals surface area contributed by atoms with Crippen LogP contribution in [-0.4, -0.2) is 19.2 Å². The van der Waals surface area contributed by atoms with Crippen molar-refractivity contribution in [3.63, 3.8) is 0 Å². The number of hydrogen-bond donors (Lipinski definition) is 0. The molecular formula is C13H14O3. The van der Waals surface area contributed by atoms with Crippen molar-refractivity contribution in [1.29, 1.82) is 0 Å². The Balaban J connectivity index is 1.85. The first kappa shape index (κ1) is 9.70. The highest BCUT2D eigenvalue weighted by Gasteiger charge is 2.59. The van der Waals surface area contributed by atoms with Crippen LogP contribution in [0, 0.1) is 11.8 Å². The van der Waals surface area contributed by atoms with Gasteiger partial charge in [0.1, 0.15) is 5.75 Å². The minimum atomic E-state index is -0.0715. The van der Waals surface area contributed by atoms with Gasteiger partial charge < -0.3 is 9.47 Å². The van der Waals surface area contributed by atoms with Crippen molar-refractivity contribution in [3.05, 3.63) is 29.8 Å². The van der Waals surface area contributed by atoms with E-state index in [9.17, 15) is 4.79 Å². The molecule has 16 heavy (non-hydrogen) atoms. The molecule has 3 atom stereocenters. The summed E-state index contributed by atoms with van der Waals surface area (Å²) in [4.78, 5) is 11.7. The van der Waals surface area contributed by atoms with Gasteiger partial charge in [0.25, 0.3) is 0 Å². The zero-order chi connectivity index (χ0) is 11.1. The number of para-hydroxylation sites is 1. The Labute approximate surface area is 94.4 Å². The molecule has 1 aliphatic heterocycles. The quantitative estimate of drug-likeness (QED) is 0.712. The second-order valence-corrected chi connectivity index (χ2v) is 4.32. The summed E-state index contributed by atoms with van der Waals surface area (Å²) in [5.41, 5.74) is 1.16. The molecule has 2 aliphatic rings. The van der Waals surface area contributed by atoms with Crippen molar-refractivity contribution in [3.8, 4) is 5.75 Å². The molecule has 84 valence electrons. The summed E-state index contributed by atoms with van der Waals surface area (Å²) >= 11 is 0. The van der Waals surface area contributed by atoms with Crippen LogP contribution < -0.4 is 4.74 Å². The number of fused-ring (bicyclic) bond motifs is 3. The first-order valence-corrected chi connectivity index (χ1v) is 5.71. The van der Waals surface area contributed by atoms with Crippen molar-refractivity contribution < 1.29 is 14.3 Å². The molecule has 3 nitrogen and oxygen atoms in total. The lowest BCUT2D eigenvalue weighted by molar-refractivity contribution is -0.145. The van der Waals surface area contributed by atoms with E-state index >= 15 is 0 Å². The molecule has 0 aromatic heterocycles. The summed E-state index contributed by atoms with van der Waals surface area (Å²) in [5, 5.41) is 0. The molecule has 1 aliphatic carbocycles. The van der Waals surface area contributed by atoms with Gasteiger partial charge in [-0.25, -0.2) is 0 Å². The lowest BCUT2D eigenvalue weighted by atomic mass is 10.1. The fourth-order valence-corrected chi connectivity index (χ4v) is 2.64. The average molecular weight is 218 g/mol. The van der Waals surface area contributed by atoms with Gasteiger partial charge in [0.2, 0.25) is 0 Å². The largest absolute Gasteiger partial charge is 0.493 e. The van der Waals surface area contributed by atoms with Gasteiger partial charge in [-0.2, -0.15) is 0 Å². The third-order valence-corrected chi connectivity index (χ3v) is 3.44. The third kappa shape index (κ3) is 1.31. The predicted octanol–water partition coefficient (Wildman–Crippen LogP) is 1.97. The maximum Gasteiger partial charge on any atom is 0.309 e. The molecular weight excluding hydrogens is 204 g/mol. The lowest BCUT2D eigenvalue weighted by Crippen LogP contribution is -2.10. The van der Waals surface area contributed by atoms with E-state index in [1.165, 1.54) is 0 Å². The van der Waals surface area contributed by atoms with Gasteiger partial charge in [0, 0.05) is 11.8 Å². The zero-order valence-electron chi connectivity index (χ0n) is 9.18. The van der Waals surface area contributed by atoms with Crippen LogP contribution in [0.2, 0.25) is 0 Å². The van der Waals surface area contributed by atoms with E-state index in [-0.39, 0.29) is 11.9 Å². The van der Waals surface area contributed by atoms with E-state index in [4.69, 9.17) is 9.47 Å². The van der Waals surface area contributed by atoms with Crippen LogP contribution >= 0.6 is 0 Å². The first-order chi connectivity index (χ1) is 7.83. The van der Waals surface area contributed by atoms with E-state index in [0.717, 1.165) is 11.3 Å². The number of rotatable bonds is 2. The van der Waals surface area contributed by atoms with Gasteiger partial charge >= 0.3 is 5.97 Å². The van der Waals surface area contributed by atoms with Crippen molar-refractivity contribution >= 4 is 5.97 Å². The van der Waals surface area contributed by atoms with Gasteiger partial charge in [0.05, 0.1) is 19.1 Å². The van der Waals surface area contributed by atoms with Crippen LogP contribution in [0.4, 0.5) is 0 Å². The zero-order valence-corrected chi connectivity index (χ0v) is 9.18. The van der Waals surface area contributed by atoms with E-state index in [1.807, 2.05) is 31.2 Å². The van der Waals surface area contributed by atoms with Gasteiger partial charge in [-0.1, -0.05) is 18.2 Å². The molecule has 0 saturated heterocycles. The van der Waals surface area contributed by atoms with Gasteiger partial charge in [-0.05, 0) is 18.6 Å². The smallest absolute Gasteiger partial charge is 0.309 e. The topological polar surface area (TPSA) is 35.5 Å². The number of hydrogen-bond acceptors (Lipinski definition) is 3. The highest BCUT2D eigenvalue weighted by molar-refractivity contribution is 5.79. The molecule has 0 spiro atoms. The van der Waals surface area contributed by atoms with E-state index in [2.05, 4.69) is 0 Å². The van der Waals surface area contributed by atoms with E-state index in [1.54, 1.807) is 0 Å². The van der Waals surface area contributed by atoms with Crippen LogP contribution in [0.25, 0.3) is 0 Å². The fourth-order valence-electron chi connectivity index (χ4n) is 2.64. The summed E-state index contributed by atoms with van der Waals surface area (Å²) in [7, 11) is 0. The van der Waals surface area contributed by atoms with Crippen LogP contribution in [-0.2, 0) is 9.53 Å². The highest BCUT2D eigenvalue weighted by Crippen LogP contribution is 2.59. The molecule has 3 rings (SSSR count). The normalized spacial score (nSPS) is 29.7. The summed E-state index contributed by atoms with van der Waals surface area (Å²) in [6, 6.07) is 7.96. The lowest BCUT2D eigenvalue weighted by Gasteiger charge is -2.15. The van der Waals surface area contributed by atoms with Crippen LogP contribution in [0.5, 0.6) is 5.75 Å². The molecule has 3 heteroatoms. The van der Waals surface area contributed by atoms with E-state index in [0.29, 0.717) is 25.0 Å². The Hall–Kier alpha value is -1.51. The molecule has 0 amide bonds. The molecule has 0 bridgehead atoms. The van der Waals surface area contributed by atoms with E-state index < -0.39 is 0 Å². The second-order valence-electron chi connectivity index (χ2n) is 4.32. The number of ether oxygens (including phenoxy) is 2. The third-order valence-electron chi connectivity index (χ3n) is 3.44. The number of esters is 1. The molecule has 1 saturated carbocycles. The molecule has 1 unspecified atom stereocenters. The maximum absolute atomic E-state index is 11.7. The van der Waals surface area contributed by atoms with Crippen molar-refractivity contribution in [2.24, 2.45) is 11.8 Å². The summed E-state index contributed by atoms with van der Waals surface area (Å²) in [5.74, 6) is 1.52. The SMILES string of the molecule is CCOC(=O)C1[C@H]2c3ccccc3OC[C@@H]12. The fraction of sp³-hybridized carbons (Fsp3) is 0.462. The summed E-state index contributed by atoms with van der Waals surface area (Å²) < 4.78 is 10.7. The molecule has 0 N–H and O–H groups in total. The average Bonchev–Trinajstić information content (AvgIpc) is 3.04. The first-order valence-electron chi connectivity index (χ1n) is 5.71. The summed E-state index contributed by atoms with van der Waals surface area (Å²) in [6.07, 6.45) is 0. The minimum absolute atomic E-state index is 0.0172. The summed E-state index contributed by atoms with van der Waals surface area (Å²) in [6.45, 7) is 2.94. The highest BCUT2D eigenvalue weighted by atomic mass is 16.5. The monoisotopic (exact) mass is 218 g/mol. The van der Waals surface area contributed by atoms with Gasteiger partial charge in [-0.15, -0.1) is 0 Å². The van der Waals surface area contributed by atoms with Crippen LogP contribution in [0.1, 0.15) is 18.4 Å². The molecule has 1 aromatic carbocycles. The Bertz CT molecular complexity index is 427. The van der Waals surface area contributed by atoms with Crippen molar-refractivity contribution in [1.82, 2.24) is 0 Å². The van der Waals surface area contributed by atoms with Gasteiger partial charge in [0.15, 0.2) is 0 Å². The maximum atomic E-state index is 11.7. The molecule has 1 heterocycles.